The molecule has 3 heteroatoms. The molecule has 0 bridgehead atoms. The maximum absolute atomic E-state index is 12.0. The van der Waals surface area contributed by atoms with Crippen molar-refractivity contribution >= 4 is 5.91 Å². The molecule has 0 aromatic heterocycles. The molecule has 0 aliphatic heterocycles. The van der Waals surface area contributed by atoms with Crippen molar-refractivity contribution in [3.05, 3.63) is 34.9 Å². The van der Waals surface area contributed by atoms with E-state index in [2.05, 4.69) is 31.3 Å². The maximum atomic E-state index is 12.0. The zero-order chi connectivity index (χ0) is 14.5. The van der Waals surface area contributed by atoms with Gasteiger partial charge in [0.2, 0.25) is 5.91 Å². The van der Waals surface area contributed by atoms with Gasteiger partial charge in [-0.1, -0.05) is 24.6 Å². The van der Waals surface area contributed by atoms with Crippen LogP contribution in [0.2, 0.25) is 0 Å². The number of nitrogens with one attached hydrogen (secondary N) is 1. The average Bonchev–Trinajstić information content (AvgIpc) is 2.41. The first kappa shape index (κ1) is 15.0. The average molecular weight is 274 g/mol. The topological polar surface area (TPSA) is 55.1 Å². The third-order valence-corrected chi connectivity index (χ3v) is 4.35. The summed E-state index contributed by atoms with van der Waals surface area (Å²) in [6, 6.07) is 6.55. The predicted octanol–water partition coefficient (Wildman–Crippen LogP) is 2.48. The molecule has 1 aliphatic rings. The molecule has 20 heavy (non-hydrogen) atoms. The predicted molar refractivity (Wildman–Crippen MR) is 82.6 cm³/mol. The number of rotatable bonds is 4. The summed E-state index contributed by atoms with van der Waals surface area (Å²) in [5.41, 5.74) is 9.57. The Labute approximate surface area is 121 Å². The quantitative estimate of drug-likeness (QED) is 0.886. The van der Waals surface area contributed by atoms with E-state index < -0.39 is 0 Å². The normalized spacial score (nSPS) is 22.6. The van der Waals surface area contributed by atoms with Gasteiger partial charge in [-0.2, -0.15) is 0 Å². The van der Waals surface area contributed by atoms with E-state index in [1.807, 2.05) is 6.07 Å². The van der Waals surface area contributed by atoms with Gasteiger partial charge in [0.15, 0.2) is 0 Å². The Morgan fingerprint density at radius 1 is 1.30 bits per heavy atom. The van der Waals surface area contributed by atoms with Gasteiger partial charge < -0.3 is 11.1 Å². The second kappa shape index (κ2) is 6.89. The van der Waals surface area contributed by atoms with E-state index in [1.165, 1.54) is 24.0 Å². The van der Waals surface area contributed by atoms with Crippen LogP contribution in [0.1, 0.15) is 42.4 Å². The highest BCUT2D eigenvalue weighted by Gasteiger charge is 2.19. The number of carbonyl (C=O) groups is 1. The molecule has 0 radical (unpaired) electrons. The molecule has 1 fully saturated rings. The fourth-order valence-electron chi connectivity index (χ4n) is 2.94. The van der Waals surface area contributed by atoms with Crippen molar-refractivity contribution in [3.8, 4) is 0 Å². The van der Waals surface area contributed by atoms with E-state index in [4.69, 9.17) is 5.73 Å². The largest absolute Gasteiger partial charge is 0.356 e. The van der Waals surface area contributed by atoms with Crippen LogP contribution in [0.15, 0.2) is 18.2 Å². The Hall–Kier alpha value is -1.35. The van der Waals surface area contributed by atoms with Crippen LogP contribution >= 0.6 is 0 Å². The standard InChI is InChI=1S/C17H26N2O/c1-12-6-7-14(8-13(12)2)10-17(20)19-11-15-4-3-5-16(18)9-15/h6-8,15-16H,3-5,9-11,18H2,1-2H3,(H,19,20). The minimum Gasteiger partial charge on any atom is -0.356 e. The highest BCUT2D eigenvalue weighted by atomic mass is 16.1. The van der Waals surface area contributed by atoms with Crippen molar-refractivity contribution in [1.82, 2.24) is 5.32 Å². The Kier molecular flexibility index (Phi) is 5.18. The second-order valence-corrected chi connectivity index (χ2v) is 6.19. The lowest BCUT2D eigenvalue weighted by Gasteiger charge is -2.26. The first-order valence-corrected chi connectivity index (χ1v) is 7.63. The molecule has 0 spiro atoms. The van der Waals surface area contributed by atoms with Gasteiger partial charge in [0.05, 0.1) is 6.42 Å². The molecular weight excluding hydrogens is 248 g/mol. The molecule has 110 valence electrons. The van der Waals surface area contributed by atoms with E-state index in [9.17, 15) is 4.79 Å². The zero-order valence-electron chi connectivity index (χ0n) is 12.6. The van der Waals surface area contributed by atoms with Gasteiger partial charge in [-0.25, -0.2) is 0 Å². The molecule has 0 saturated heterocycles. The number of amides is 1. The molecule has 3 N–H and O–H groups in total. The molecule has 3 nitrogen and oxygen atoms in total. The number of carbonyl (C=O) groups excluding carboxylic acids is 1. The van der Waals surface area contributed by atoms with Crippen molar-refractivity contribution in [2.45, 2.75) is 52.0 Å². The lowest BCUT2D eigenvalue weighted by molar-refractivity contribution is -0.120. The van der Waals surface area contributed by atoms with Crippen LogP contribution in [0.3, 0.4) is 0 Å². The minimum atomic E-state index is 0.118. The Balaban J connectivity index is 1.78. The van der Waals surface area contributed by atoms with Gasteiger partial charge >= 0.3 is 0 Å². The van der Waals surface area contributed by atoms with Gasteiger partial charge in [-0.15, -0.1) is 0 Å². The molecule has 1 aromatic rings. The summed E-state index contributed by atoms with van der Waals surface area (Å²) < 4.78 is 0. The van der Waals surface area contributed by atoms with Crippen LogP contribution < -0.4 is 11.1 Å². The highest BCUT2D eigenvalue weighted by molar-refractivity contribution is 5.78. The van der Waals surface area contributed by atoms with Gasteiger partial charge in [-0.3, -0.25) is 4.79 Å². The zero-order valence-corrected chi connectivity index (χ0v) is 12.6. The first-order chi connectivity index (χ1) is 9.54. The fraction of sp³-hybridized carbons (Fsp3) is 0.588. The van der Waals surface area contributed by atoms with Crippen LogP contribution in [0.25, 0.3) is 0 Å². The molecule has 2 rings (SSSR count). The molecule has 1 aliphatic carbocycles. The number of aryl methyl sites for hydroxylation is 2. The lowest BCUT2D eigenvalue weighted by atomic mass is 9.86. The minimum absolute atomic E-state index is 0.118. The van der Waals surface area contributed by atoms with Gasteiger partial charge in [0.25, 0.3) is 0 Å². The molecule has 1 aromatic carbocycles. The number of hydrogen-bond donors (Lipinski definition) is 2. The van der Waals surface area contributed by atoms with E-state index in [-0.39, 0.29) is 5.91 Å². The Morgan fingerprint density at radius 2 is 2.10 bits per heavy atom. The van der Waals surface area contributed by atoms with Crippen molar-refractivity contribution in [3.63, 3.8) is 0 Å². The number of benzene rings is 1. The molecule has 2 unspecified atom stereocenters. The fourth-order valence-corrected chi connectivity index (χ4v) is 2.94. The van der Waals surface area contributed by atoms with Gasteiger partial charge in [-0.05, 0) is 55.7 Å². The van der Waals surface area contributed by atoms with Crippen molar-refractivity contribution in [1.29, 1.82) is 0 Å². The van der Waals surface area contributed by atoms with E-state index in [0.717, 1.165) is 24.9 Å². The van der Waals surface area contributed by atoms with Gasteiger partial charge in [0.1, 0.15) is 0 Å². The molecule has 2 atom stereocenters. The first-order valence-electron chi connectivity index (χ1n) is 7.63. The smallest absolute Gasteiger partial charge is 0.224 e. The number of nitrogens with two attached hydrogens (primary N) is 1. The Morgan fingerprint density at radius 3 is 2.80 bits per heavy atom. The number of hydrogen-bond acceptors (Lipinski definition) is 2. The van der Waals surface area contributed by atoms with Crippen molar-refractivity contribution in [2.75, 3.05) is 6.54 Å². The van der Waals surface area contributed by atoms with Crippen LogP contribution in [-0.2, 0) is 11.2 Å². The second-order valence-electron chi connectivity index (χ2n) is 6.19. The summed E-state index contributed by atoms with van der Waals surface area (Å²) in [7, 11) is 0. The maximum Gasteiger partial charge on any atom is 0.224 e. The summed E-state index contributed by atoms with van der Waals surface area (Å²) in [4.78, 5) is 12.0. The third kappa shape index (κ3) is 4.34. The Bertz CT molecular complexity index is 470. The third-order valence-electron chi connectivity index (χ3n) is 4.35. The molecular formula is C17H26N2O. The summed E-state index contributed by atoms with van der Waals surface area (Å²) in [5, 5.41) is 3.06. The van der Waals surface area contributed by atoms with E-state index >= 15 is 0 Å². The summed E-state index contributed by atoms with van der Waals surface area (Å²) in [5.74, 6) is 0.676. The summed E-state index contributed by atoms with van der Waals surface area (Å²) >= 11 is 0. The van der Waals surface area contributed by atoms with Crippen LogP contribution in [-0.4, -0.2) is 18.5 Å². The van der Waals surface area contributed by atoms with E-state index in [1.54, 1.807) is 0 Å². The van der Waals surface area contributed by atoms with E-state index in [0.29, 0.717) is 18.4 Å². The highest BCUT2D eigenvalue weighted by Crippen LogP contribution is 2.22. The van der Waals surface area contributed by atoms with Crippen LogP contribution in [0.4, 0.5) is 0 Å². The SMILES string of the molecule is Cc1ccc(CC(=O)NCC2CCCC(N)C2)cc1C. The van der Waals surface area contributed by atoms with Gasteiger partial charge in [0, 0.05) is 12.6 Å². The van der Waals surface area contributed by atoms with Crippen molar-refractivity contribution in [2.24, 2.45) is 11.7 Å². The summed E-state index contributed by atoms with van der Waals surface area (Å²) in [6.45, 7) is 4.95. The van der Waals surface area contributed by atoms with Crippen molar-refractivity contribution < 1.29 is 4.79 Å². The van der Waals surface area contributed by atoms with Crippen LogP contribution in [0, 0.1) is 19.8 Å². The molecule has 1 amide bonds. The molecule has 0 heterocycles. The monoisotopic (exact) mass is 274 g/mol. The summed E-state index contributed by atoms with van der Waals surface area (Å²) in [6.07, 6.45) is 5.04. The lowest BCUT2D eigenvalue weighted by Crippen LogP contribution is -2.36. The van der Waals surface area contributed by atoms with Crippen LogP contribution in [0.5, 0.6) is 0 Å². The molecule has 1 saturated carbocycles.